The molecule has 15 heteroatoms. The number of benzene rings is 1. The summed E-state index contributed by atoms with van der Waals surface area (Å²) in [5, 5.41) is 9.39. The van der Waals surface area contributed by atoms with E-state index < -0.39 is 51.4 Å². The average molecular weight is 615 g/mol. The third-order valence-electron chi connectivity index (χ3n) is 6.93. The number of hydrogen-bond acceptors (Lipinski definition) is 6. The van der Waals surface area contributed by atoms with E-state index in [1.54, 1.807) is 6.92 Å². The van der Waals surface area contributed by atoms with Crippen LogP contribution >= 0.6 is 11.6 Å². The van der Waals surface area contributed by atoms with E-state index in [1.165, 1.54) is 23.1 Å². The fourth-order valence-electron chi connectivity index (χ4n) is 4.48. The molecule has 1 saturated heterocycles. The molecule has 2 heterocycles. The van der Waals surface area contributed by atoms with E-state index in [4.69, 9.17) is 11.6 Å². The van der Waals surface area contributed by atoms with Gasteiger partial charge in [0.05, 0.1) is 21.4 Å². The van der Waals surface area contributed by atoms with Gasteiger partial charge in [-0.1, -0.05) is 31.5 Å². The molecule has 224 valence electrons. The molecule has 8 nitrogen and oxygen atoms in total. The van der Waals surface area contributed by atoms with Crippen LogP contribution in [0.3, 0.4) is 0 Å². The highest BCUT2D eigenvalue weighted by Gasteiger charge is 2.47. The molecule has 2 atom stereocenters. The molecular weight excluding hydrogens is 583 g/mol. The number of carbonyl (C=O) groups excluding carboxylic acids is 1. The van der Waals surface area contributed by atoms with Gasteiger partial charge < -0.3 is 15.4 Å². The van der Waals surface area contributed by atoms with E-state index in [9.17, 15) is 35.2 Å². The SMILES string of the molecule is CCn1nc(C(=O)NC[C@H]2CC[C@@H](S(C)(=O)=O)CN2)c(Cl)c1-c1ccc(CC(C)(C)C(F)(F)F)cc1OC(F)F. The van der Waals surface area contributed by atoms with E-state index in [1.807, 2.05) is 0 Å². The fourth-order valence-corrected chi connectivity index (χ4v) is 5.76. The second-order valence-electron chi connectivity index (χ2n) is 10.4. The van der Waals surface area contributed by atoms with Crippen molar-refractivity contribution in [3.63, 3.8) is 0 Å². The standard InChI is InChI=1S/C25H32ClF5N4O4S/c1-5-35-21(17-9-6-14(10-18(17)39-23(27)28)11-24(2,3)25(29,30)31)19(26)20(34-35)22(36)33-12-15-7-8-16(13-32-15)40(4,37)38/h6,9-10,15-16,23,32H,5,7-8,11-13H2,1-4H3,(H,33,36)/t15-,16-/m1/s1. The molecular formula is C25H32ClF5N4O4S. The number of aryl methyl sites for hydroxylation is 1. The van der Waals surface area contributed by atoms with Crippen LogP contribution in [0.15, 0.2) is 18.2 Å². The summed E-state index contributed by atoms with van der Waals surface area (Å²) in [6, 6.07) is 3.62. The molecule has 0 bridgehead atoms. The lowest BCUT2D eigenvalue weighted by molar-refractivity contribution is -0.211. The van der Waals surface area contributed by atoms with Crippen molar-refractivity contribution >= 4 is 27.3 Å². The van der Waals surface area contributed by atoms with E-state index in [0.29, 0.717) is 12.8 Å². The molecule has 1 aromatic heterocycles. The Balaban J connectivity index is 1.86. The van der Waals surface area contributed by atoms with Crippen LogP contribution in [-0.2, 0) is 22.8 Å². The topological polar surface area (TPSA) is 102 Å². The Morgan fingerprint density at radius 3 is 2.48 bits per heavy atom. The summed E-state index contributed by atoms with van der Waals surface area (Å²) < 4.78 is 96.2. The van der Waals surface area contributed by atoms with Crippen molar-refractivity contribution < 1.29 is 39.9 Å². The minimum absolute atomic E-state index is 0.0352. The van der Waals surface area contributed by atoms with Crippen molar-refractivity contribution in [1.29, 1.82) is 0 Å². The number of nitrogens with one attached hydrogen (secondary N) is 2. The van der Waals surface area contributed by atoms with Crippen molar-refractivity contribution in [2.75, 3.05) is 19.3 Å². The Labute approximate surface area is 234 Å². The van der Waals surface area contributed by atoms with E-state index in [-0.39, 0.29) is 53.2 Å². The average Bonchev–Trinajstić information content (AvgIpc) is 3.17. The summed E-state index contributed by atoms with van der Waals surface area (Å²) in [5.41, 5.74) is -2.04. The molecule has 0 saturated carbocycles. The molecule has 0 radical (unpaired) electrons. The maximum absolute atomic E-state index is 13.4. The number of hydrogen-bond donors (Lipinski definition) is 2. The molecule has 1 amide bonds. The molecule has 2 aromatic rings. The lowest BCUT2D eigenvalue weighted by atomic mass is 9.84. The molecule has 1 aromatic carbocycles. The van der Waals surface area contributed by atoms with Gasteiger partial charge in [0, 0.05) is 37.5 Å². The Kier molecular flexibility index (Phi) is 9.78. The Bertz CT molecular complexity index is 1320. The fraction of sp³-hybridized carbons (Fsp3) is 0.600. The highest BCUT2D eigenvalue weighted by molar-refractivity contribution is 7.91. The van der Waals surface area contributed by atoms with Gasteiger partial charge in [0.1, 0.15) is 5.75 Å². The third kappa shape index (κ3) is 7.43. The number of piperidine rings is 1. The van der Waals surface area contributed by atoms with Gasteiger partial charge in [-0.05, 0) is 43.9 Å². The quantitative estimate of drug-likeness (QED) is 0.371. The van der Waals surface area contributed by atoms with Gasteiger partial charge in [-0.25, -0.2) is 8.42 Å². The van der Waals surface area contributed by atoms with Crippen LogP contribution in [0.4, 0.5) is 22.0 Å². The minimum atomic E-state index is -4.52. The maximum atomic E-state index is 13.4. The van der Waals surface area contributed by atoms with E-state index in [2.05, 4.69) is 20.5 Å². The van der Waals surface area contributed by atoms with Gasteiger partial charge in [0.25, 0.3) is 5.91 Å². The number of alkyl halides is 5. The first-order valence-electron chi connectivity index (χ1n) is 12.6. The van der Waals surface area contributed by atoms with E-state index in [0.717, 1.165) is 19.9 Å². The second kappa shape index (κ2) is 12.2. The lowest BCUT2D eigenvalue weighted by Gasteiger charge is -2.28. The molecule has 2 N–H and O–H groups in total. The number of rotatable bonds is 10. The number of halogens is 6. The van der Waals surface area contributed by atoms with Gasteiger partial charge in [-0.2, -0.15) is 27.1 Å². The third-order valence-corrected chi connectivity index (χ3v) is 8.90. The number of ether oxygens (including phenoxy) is 1. The van der Waals surface area contributed by atoms with Gasteiger partial charge in [0.15, 0.2) is 15.5 Å². The summed E-state index contributed by atoms with van der Waals surface area (Å²) >= 11 is 6.52. The van der Waals surface area contributed by atoms with E-state index >= 15 is 0 Å². The first kappa shape index (κ1) is 32.1. The monoisotopic (exact) mass is 614 g/mol. The maximum Gasteiger partial charge on any atom is 0.394 e. The number of aromatic nitrogens is 2. The molecule has 1 aliphatic rings. The summed E-state index contributed by atoms with van der Waals surface area (Å²) in [4.78, 5) is 13.0. The van der Waals surface area contributed by atoms with Gasteiger partial charge in [-0.3, -0.25) is 9.48 Å². The van der Waals surface area contributed by atoms with Gasteiger partial charge in [0.2, 0.25) is 0 Å². The van der Waals surface area contributed by atoms with Gasteiger partial charge in [-0.15, -0.1) is 0 Å². The Morgan fingerprint density at radius 2 is 1.95 bits per heavy atom. The van der Waals surface area contributed by atoms with Crippen LogP contribution in [0.1, 0.15) is 49.7 Å². The number of carbonyl (C=O) groups is 1. The van der Waals surface area contributed by atoms with Crippen LogP contribution in [0, 0.1) is 5.41 Å². The second-order valence-corrected chi connectivity index (χ2v) is 13.1. The van der Waals surface area contributed by atoms with Crippen LogP contribution in [0.5, 0.6) is 5.75 Å². The van der Waals surface area contributed by atoms with Gasteiger partial charge >= 0.3 is 12.8 Å². The zero-order valence-corrected chi connectivity index (χ0v) is 24.0. The Morgan fingerprint density at radius 1 is 1.27 bits per heavy atom. The largest absolute Gasteiger partial charge is 0.434 e. The van der Waals surface area contributed by atoms with Crippen molar-refractivity contribution in [2.24, 2.45) is 5.41 Å². The number of sulfone groups is 1. The first-order valence-corrected chi connectivity index (χ1v) is 14.9. The molecule has 0 unspecified atom stereocenters. The first-order chi connectivity index (χ1) is 18.4. The molecule has 1 aliphatic heterocycles. The lowest BCUT2D eigenvalue weighted by Crippen LogP contribution is -2.49. The van der Waals surface area contributed by atoms with Crippen LogP contribution in [0.25, 0.3) is 11.3 Å². The minimum Gasteiger partial charge on any atom is -0.434 e. The summed E-state index contributed by atoms with van der Waals surface area (Å²) in [7, 11) is -3.18. The predicted molar refractivity (Wildman–Crippen MR) is 141 cm³/mol. The van der Waals surface area contributed by atoms with Crippen LogP contribution in [0.2, 0.25) is 5.02 Å². The Hall–Kier alpha value is -2.45. The predicted octanol–water partition coefficient (Wildman–Crippen LogP) is 4.85. The zero-order valence-electron chi connectivity index (χ0n) is 22.4. The summed E-state index contributed by atoms with van der Waals surface area (Å²) in [5.74, 6) is -1.04. The summed E-state index contributed by atoms with van der Waals surface area (Å²) in [6.07, 6.45) is -2.86. The molecule has 0 aliphatic carbocycles. The van der Waals surface area contributed by atoms with Crippen molar-refractivity contribution in [3.8, 4) is 17.0 Å². The summed E-state index contributed by atoms with van der Waals surface area (Å²) in [6.45, 7) is 1.06. The molecule has 1 fully saturated rings. The smallest absolute Gasteiger partial charge is 0.394 e. The molecule has 0 spiro atoms. The van der Waals surface area contributed by atoms with Crippen LogP contribution in [-0.4, -0.2) is 67.5 Å². The highest BCUT2D eigenvalue weighted by Crippen LogP contribution is 2.43. The normalized spacial score (nSPS) is 18.7. The van der Waals surface area contributed by atoms with Crippen molar-refractivity contribution in [1.82, 2.24) is 20.4 Å². The zero-order chi connectivity index (χ0) is 30.0. The number of amides is 1. The van der Waals surface area contributed by atoms with Crippen molar-refractivity contribution in [3.05, 3.63) is 34.5 Å². The molecule has 40 heavy (non-hydrogen) atoms. The molecule has 3 rings (SSSR count). The highest BCUT2D eigenvalue weighted by atomic mass is 35.5. The van der Waals surface area contributed by atoms with Crippen molar-refractivity contribution in [2.45, 2.75) is 70.7 Å². The van der Waals surface area contributed by atoms with Crippen LogP contribution < -0.4 is 15.4 Å². The number of nitrogens with zero attached hydrogens (tertiary/aromatic N) is 2.